The van der Waals surface area contributed by atoms with E-state index in [1.54, 1.807) is 13.2 Å². The van der Waals surface area contributed by atoms with Gasteiger partial charge in [-0.05, 0) is 17.6 Å². The Kier molecular flexibility index (Phi) is 4.35. The lowest BCUT2D eigenvalue weighted by Crippen LogP contribution is -1.96. The Morgan fingerprint density at radius 2 is 1.82 bits per heavy atom. The third-order valence-electron chi connectivity index (χ3n) is 1.53. The van der Waals surface area contributed by atoms with Gasteiger partial charge >= 0.3 is 0 Å². The smallest absolute Gasteiger partial charge is 0.121 e. The minimum absolute atomic E-state index is 0.431. The third-order valence-corrected chi connectivity index (χ3v) is 1.53. The van der Waals surface area contributed by atoms with E-state index >= 15 is 0 Å². The second-order valence-corrected chi connectivity index (χ2v) is 2.59. The van der Waals surface area contributed by atoms with Crippen molar-refractivity contribution in [1.29, 1.82) is 0 Å². The number of methoxy groups -OCH3 is 1. The third kappa shape index (κ3) is 2.62. The van der Waals surface area contributed by atoms with Crippen LogP contribution in [0.5, 0.6) is 0 Å². The molecule has 0 amide bonds. The fraction of sp³-hybridized carbons (Fsp3) is 0.400. The van der Waals surface area contributed by atoms with Gasteiger partial charge in [0.2, 0.25) is 0 Å². The lowest BCUT2D eigenvalue weighted by atomic mass is 10.0. The molecule has 0 radical (unpaired) electrons. The number of hydrogen-bond acceptors (Lipinski definition) is 1. The summed E-state index contributed by atoms with van der Waals surface area (Å²) < 4.78 is 5.10. The molecule has 0 aliphatic rings. The van der Waals surface area contributed by atoms with E-state index in [1.165, 1.54) is 0 Å². The summed E-state index contributed by atoms with van der Waals surface area (Å²) in [6.07, 6.45) is 3.52. The molecule has 0 saturated heterocycles. The Labute approximate surface area is 69.1 Å². The largest absolute Gasteiger partial charge is 0.496 e. The van der Waals surface area contributed by atoms with Crippen LogP contribution < -0.4 is 0 Å². The van der Waals surface area contributed by atoms with Gasteiger partial charge in [0.15, 0.2) is 0 Å². The van der Waals surface area contributed by atoms with E-state index in [-0.39, 0.29) is 0 Å². The molecule has 1 nitrogen and oxygen atoms in total. The molecule has 0 aromatic rings. The van der Waals surface area contributed by atoms with E-state index < -0.39 is 0 Å². The molecule has 0 aromatic heterocycles. The van der Waals surface area contributed by atoms with Gasteiger partial charge in [0.1, 0.15) is 5.76 Å². The highest BCUT2D eigenvalue weighted by molar-refractivity contribution is 5.28. The Morgan fingerprint density at radius 1 is 1.27 bits per heavy atom. The first-order chi connectivity index (χ1) is 5.17. The van der Waals surface area contributed by atoms with E-state index in [4.69, 9.17) is 4.74 Å². The van der Waals surface area contributed by atoms with E-state index in [0.717, 1.165) is 11.3 Å². The molecule has 0 aliphatic carbocycles. The van der Waals surface area contributed by atoms with Crippen molar-refractivity contribution >= 4 is 0 Å². The van der Waals surface area contributed by atoms with Crippen molar-refractivity contribution in [1.82, 2.24) is 0 Å². The summed E-state index contributed by atoms with van der Waals surface area (Å²) in [4.78, 5) is 0. The van der Waals surface area contributed by atoms with Crippen LogP contribution >= 0.6 is 0 Å². The van der Waals surface area contributed by atoms with Crippen molar-refractivity contribution < 1.29 is 4.74 Å². The van der Waals surface area contributed by atoms with E-state index in [2.05, 4.69) is 27.0 Å². The first-order valence-corrected chi connectivity index (χ1v) is 3.70. The van der Waals surface area contributed by atoms with E-state index in [9.17, 15) is 0 Å². The van der Waals surface area contributed by atoms with Gasteiger partial charge in [-0.1, -0.05) is 33.1 Å². The molecule has 0 spiro atoms. The minimum Gasteiger partial charge on any atom is -0.496 e. The zero-order valence-electron chi connectivity index (χ0n) is 7.55. The molecule has 0 aliphatic heterocycles. The van der Waals surface area contributed by atoms with Crippen LogP contribution in [0.1, 0.15) is 13.8 Å². The molecule has 0 heterocycles. The van der Waals surface area contributed by atoms with Gasteiger partial charge in [-0.2, -0.15) is 0 Å². The second kappa shape index (κ2) is 4.78. The molecule has 0 N–H and O–H groups in total. The molecule has 0 unspecified atom stereocenters. The highest BCUT2D eigenvalue weighted by Gasteiger charge is 2.04. The monoisotopic (exact) mass is 152 g/mol. The lowest BCUT2D eigenvalue weighted by molar-refractivity contribution is 0.300. The average molecular weight is 152 g/mol. The van der Waals surface area contributed by atoms with Crippen molar-refractivity contribution in [3.8, 4) is 0 Å². The predicted octanol–water partition coefficient (Wildman–Crippen LogP) is 2.91. The Balaban J connectivity index is 4.76. The molecule has 0 saturated carbocycles. The lowest BCUT2D eigenvalue weighted by Gasteiger charge is -2.10. The number of ether oxygens (including phenoxy) is 1. The molecule has 62 valence electrons. The van der Waals surface area contributed by atoms with Crippen LogP contribution in [0.4, 0.5) is 0 Å². The van der Waals surface area contributed by atoms with Gasteiger partial charge in [-0.3, -0.25) is 0 Å². The van der Waals surface area contributed by atoms with Crippen LogP contribution in [0.15, 0.2) is 36.6 Å². The predicted molar refractivity (Wildman–Crippen MR) is 49.3 cm³/mol. The molecule has 0 fully saturated rings. The first kappa shape index (κ1) is 10.0. The SMILES string of the molecule is C=C/C(OC)=C(\C=C)C(C)C. The van der Waals surface area contributed by atoms with Crippen molar-refractivity contribution in [2.45, 2.75) is 13.8 Å². The van der Waals surface area contributed by atoms with Gasteiger partial charge < -0.3 is 4.74 Å². The molecule has 1 heteroatoms. The van der Waals surface area contributed by atoms with Crippen LogP contribution in [-0.2, 0) is 4.74 Å². The Bertz CT molecular complexity index is 175. The minimum atomic E-state index is 0.431. The molecule has 0 aromatic carbocycles. The standard InChI is InChI=1S/C10H16O/c1-6-9(8(3)4)10(7-2)11-5/h6-8H,1-2H2,3-5H3/b10-9-. The van der Waals surface area contributed by atoms with Crippen LogP contribution in [-0.4, -0.2) is 7.11 Å². The maximum Gasteiger partial charge on any atom is 0.121 e. The van der Waals surface area contributed by atoms with Crippen molar-refractivity contribution in [3.05, 3.63) is 36.6 Å². The molecular weight excluding hydrogens is 136 g/mol. The number of allylic oxidation sites excluding steroid dienone is 3. The van der Waals surface area contributed by atoms with Crippen molar-refractivity contribution in [3.63, 3.8) is 0 Å². The van der Waals surface area contributed by atoms with E-state index in [0.29, 0.717) is 5.92 Å². The first-order valence-electron chi connectivity index (χ1n) is 3.70. The van der Waals surface area contributed by atoms with Gasteiger partial charge in [0.05, 0.1) is 7.11 Å². The summed E-state index contributed by atoms with van der Waals surface area (Å²) in [5.74, 6) is 1.25. The summed E-state index contributed by atoms with van der Waals surface area (Å²) >= 11 is 0. The summed E-state index contributed by atoms with van der Waals surface area (Å²) in [5, 5.41) is 0. The van der Waals surface area contributed by atoms with Crippen LogP contribution in [0.25, 0.3) is 0 Å². The summed E-state index contributed by atoms with van der Waals surface area (Å²) in [5.41, 5.74) is 1.10. The summed E-state index contributed by atoms with van der Waals surface area (Å²) in [6, 6.07) is 0. The fourth-order valence-electron chi connectivity index (χ4n) is 0.940. The quantitative estimate of drug-likeness (QED) is 0.444. The zero-order chi connectivity index (χ0) is 8.85. The molecule has 0 rings (SSSR count). The average Bonchev–Trinajstić information content (AvgIpc) is 1.99. The number of rotatable bonds is 4. The highest BCUT2D eigenvalue weighted by Crippen LogP contribution is 2.16. The Morgan fingerprint density at radius 3 is 1.91 bits per heavy atom. The van der Waals surface area contributed by atoms with Crippen LogP contribution in [0, 0.1) is 5.92 Å². The number of hydrogen-bond donors (Lipinski definition) is 0. The highest BCUT2D eigenvalue weighted by atomic mass is 16.5. The van der Waals surface area contributed by atoms with Gasteiger partial charge in [-0.25, -0.2) is 0 Å². The molecule has 0 atom stereocenters. The molecule has 0 bridgehead atoms. The topological polar surface area (TPSA) is 9.23 Å². The summed E-state index contributed by atoms with van der Waals surface area (Å²) in [7, 11) is 1.64. The Hall–Kier alpha value is -0.980. The zero-order valence-corrected chi connectivity index (χ0v) is 7.55. The van der Waals surface area contributed by atoms with Crippen LogP contribution in [0.2, 0.25) is 0 Å². The van der Waals surface area contributed by atoms with Gasteiger partial charge in [0, 0.05) is 0 Å². The molecule has 11 heavy (non-hydrogen) atoms. The van der Waals surface area contributed by atoms with Crippen molar-refractivity contribution in [2.75, 3.05) is 7.11 Å². The van der Waals surface area contributed by atoms with Gasteiger partial charge in [-0.15, -0.1) is 0 Å². The fourth-order valence-corrected chi connectivity index (χ4v) is 0.940. The van der Waals surface area contributed by atoms with Crippen LogP contribution in [0.3, 0.4) is 0 Å². The van der Waals surface area contributed by atoms with Crippen molar-refractivity contribution in [2.24, 2.45) is 5.92 Å². The second-order valence-electron chi connectivity index (χ2n) is 2.59. The molecular formula is C10H16O. The maximum absolute atomic E-state index is 5.10. The normalized spacial score (nSPS) is 12.4. The van der Waals surface area contributed by atoms with Gasteiger partial charge in [0.25, 0.3) is 0 Å². The maximum atomic E-state index is 5.10. The summed E-state index contributed by atoms with van der Waals surface area (Å²) in [6.45, 7) is 11.6. The van der Waals surface area contributed by atoms with E-state index in [1.807, 2.05) is 6.08 Å².